The molecule has 1 amide bonds. The van der Waals surface area contributed by atoms with Crippen molar-refractivity contribution in [1.29, 1.82) is 0 Å². The van der Waals surface area contributed by atoms with E-state index >= 15 is 0 Å². The maximum absolute atomic E-state index is 13.4. The van der Waals surface area contributed by atoms with Gasteiger partial charge in [-0.15, -0.1) is 0 Å². The Hall–Kier alpha value is -2.58. The molecule has 31 heavy (non-hydrogen) atoms. The second kappa shape index (κ2) is 10.2. The summed E-state index contributed by atoms with van der Waals surface area (Å²) in [5.41, 5.74) is 1.60. The van der Waals surface area contributed by atoms with E-state index in [1.165, 1.54) is 8.61 Å². The second-order valence-electron chi connectivity index (χ2n) is 7.71. The highest BCUT2D eigenvalue weighted by Gasteiger charge is 2.36. The van der Waals surface area contributed by atoms with Gasteiger partial charge < -0.3 is 10.1 Å². The predicted molar refractivity (Wildman–Crippen MR) is 122 cm³/mol. The number of hydrogen-bond donors (Lipinski definition) is 1. The van der Waals surface area contributed by atoms with Crippen molar-refractivity contribution in [2.24, 2.45) is 5.92 Å². The molecule has 1 aliphatic rings. The van der Waals surface area contributed by atoms with E-state index in [2.05, 4.69) is 5.32 Å². The third-order valence-corrected chi connectivity index (χ3v) is 7.68. The van der Waals surface area contributed by atoms with Gasteiger partial charge in [0.05, 0.1) is 24.8 Å². The average Bonchev–Trinajstić information content (AvgIpc) is 2.80. The summed E-state index contributed by atoms with van der Waals surface area (Å²) in [5, 5.41) is 3.04. The second-order valence-corrected chi connectivity index (χ2v) is 9.56. The number of hydrogen-bond acceptors (Lipinski definition) is 4. The van der Waals surface area contributed by atoms with Crippen LogP contribution in [-0.4, -0.2) is 45.4 Å². The fraction of sp³-hybridized carbons (Fsp3) is 0.435. The zero-order valence-corrected chi connectivity index (χ0v) is 19.1. The first-order chi connectivity index (χ1) is 14.9. The Morgan fingerprint density at radius 1 is 1.19 bits per heavy atom. The molecule has 3 rings (SSSR count). The standard InChI is InChI=1S/C23H31N3O4S/c1-4-26(21-12-14-22(30-3)15-13-21)31(28,29)25-16-8-11-20(17-25)23(27)24-18(2)19-9-6-5-7-10-19/h5-7,9-10,12-15,18,20H,4,8,11,16-17H2,1-3H3,(H,24,27)/t18-,20-/m0/s1. The number of anilines is 1. The van der Waals surface area contributed by atoms with Gasteiger partial charge in [0.2, 0.25) is 5.91 Å². The molecule has 1 heterocycles. The van der Waals surface area contributed by atoms with Gasteiger partial charge in [0.15, 0.2) is 0 Å². The fourth-order valence-corrected chi connectivity index (χ4v) is 5.61. The molecule has 1 saturated heterocycles. The van der Waals surface area contributed by atoms with Gasteiger partial charge in [0.25, 0.3) is 0 Å². The van der Waals surface area contributed by atoms with Gasteiger partial charge in [-0.2, -0.15) is 12.7 Å². The Balaban J connectivity index is 1.70. The Kier molecular flexibility index (Phi) is 7.56. The van der Waals surface area contributed by atoms with Crippen LogP contribution < -0.4 is 14.4 Å². The number of rotatable bonds is 8. The van der Waals surface area contributed by atoms with Crippen molar-refractivity contribution >= 4 is 21.8 Å². The quantitative estimate of drug-likeness (QED) is 0.676. The summed E-state index contributed by atoms with van der Waals surface area (Å²) in [5.74, 6) is 0.187. The molecule has 8 heteroatoms. The van der Waals surface area contributed by atoms with Crippen LogP contribution in [0.15, 0.2) is 54.6 Å². The lowest BCUT2D eigenvalue weighted by Gasteiger charge is -2.35. The van der Waals surface area contributed by atoms with Crippen molar-refractivity contribution in [1.82, 2.24) is 9.62 Å². The van der Waals surface area contributed by atoms with Crippen molar-refractivity contribution < 1.29 is 17.9 Å². The summed E-state index contributed by atoms with van der Waals surface area (Å²) >= 11 is 0. The first-order valence-corrected chi connectivity index (χ1v) is 12.0. The highest BCUT2D eigenvalue weighted by molar-refractivity contribution is 7.90. The maximum atomic E-state index is 13.4. The first-order valence-electron chi connectivity index (χ1n) is 10.6. The Bertz CT molecular complexity index is 964. The average molecular weight is 446 g/mol. The van der Waals surface area contributed by atoms with Gasteiger partial charge in [-0.1, -0.05) is 30.3 Å². The summed E-state index contributed by atoms with van der Waals surface area (Å²) in [6, 6.07) is 16.6. The molecule has 1 fully saturated rings. The van der Waals surface area contributed by atoms with Gasteiger partial charge >= 0.3 is 10.2 Å². The lowest BCUT2D eigenvalue weighted by atomic mass is 9.98. The highest BCUT2D eigenvalue weighted by atomic mass is 32.2. The fourth-order valence-electron chi connectivity index (χ4n) is 3.89. The van der Waals surface area contributed by atoms with Crippen LogP contribution in [0.3, 0.4) is 0 Å². The van der Waals surface area contributed by atoms with Crippen LogP contribution in [0.4, 0.5) is 5.69 Å². The van der Waals surface area contributed by atoms with E-state index in [-0.39, 0.29) is 24.4 Å². The molecule has 0 radical (unpaired) electrons. The molecule has 0 bridgehead atoms. The lowest BCUT2D eigenvalue weighted by Crippen LogP contribution is -2.50. The normalized spacial score (nSPS) is 18.2. The van der Waals surface area contributed by atoms with Crippen molar-refractivity contribution in [3.63, 3.8) is 0 Å². The minimum absolute atomic E-state index is 0.108. The molecule has 0 spiro atoms. The highest BCUT2D eigenvalue weighted by Crippen LogP contribution is 2.27. The Morgan fingerprint density at radius 3 is 2.48 bits per heavy atom. The SMILES string of the molecule is CCN(c1ccc(OC)cc1)S(=O)(=O)N1CCC[C@H](C(=O)N[C@@H](C)c2ccccc2)C1. The number of carbonyl (C=O) groups is 1. The van der Waals surface area contributed by atoms with Crippen LogP contribution in [0.25, 0.3) is 0 Å². The van der Waals surface area contributed by atoms with Gasteiger partial charge in [0.1, 0.15) is 5.75 Å². The van der Waals surface area contributed by atoms with E-state index < -0.39 is 10.2 Å². The van der Waals surface area contributed by atoms with E-state index in [1.54, 1.807) is 38.3 Å². The molecule has 2 aromatic rings. The summed E-state index contributed by atoms with van der Waals surface area (Å²) in [7, 11) is -2.18. The molecule has 1 N–H and O–H groups in total. The summed E-state index contributed by atoms with van der Waals surface area (Å²) in [6.07, 6.45) is 1.32. The van der Waals surface area contributed by atoms with Crippen molar-refractivity contribution in [3.05, 3.63) is 60.2 Å². The van der Waals surface area contributed by atoms with Crippen LogP contribution in [0.1, 0.15) is 38.3 Å². The van der Waals surface area contributed by atoms with Gasteiger partial charge in [-0.05, 0) is 56.5 Å². The molecule has 1 aliphatic heterocycles. The number of benzene rings is 2. The number of amides is 1. The molecule has 0 aliphatic carbocycles. The molecule has 2 aromatic carbocycles. The van der Waals surface area contributed by atoms with Crippen LogP contribution >= 0.6 is 0 Å². The smallest absolute Gasteiger partial charge is 0.304 e. The monoisotopic (exact) mass is 445 g/mol. The lowest BCUT2D eigenvalue weighted by molar-refractivity contribution is -0.126. The molecular formula is C23H31N3O4S. The molecule has 0 aromatic heterocycles. The van der Waals surface area contributed by atoms with E-state index in [0.717, 1.165) is 5.56 Å². The molecule has 2 atom stereocenters. The number of nitrogens with one attached hydrogen (secondary N) is 1. The third kappa shape index (κ3) is 5.37. The number of nitrogens with zero attached hydrogens (tertiary/aromatic N) is 2. The van der Waals surface area contributed by atoms with Crippen LogP contribution in [0.2, 0.25) is 0 Å². The first kappa shape index (κ1) is 23.1. The van der Waals surface area contributed by atoms with E-state index in [1.807, 2.05) is 37.3 Å². The van der Waals surface area contributed by atoms with E-state index in [4.69, 9.17) is 4.74 Å². The molecule has 7 nitrogen and oxygen atoms in total. The number of ether oxygens (including phenoxy) is 1. The van der Waals surface area contributed by atoms with Crippen LogP contribution in [-0.2, 0) is 15.0 Å². The Morgan fingerprint density at radius 2 is 1.87 bits per heavy atom. The molecule has 168 valence electrons. The summed E-state index contributed by atoms with van der Waals surface area (Å²) in [4.78, 5) is 12.9. The van der Waals surface area contributed by atoms with Crippen LogP contribution in [0, 0.1) is 5.92 Å². The largest absolute Gasteiger partial charge is 0.497 e. The number of methoxy groups -OCH3 is 1. The molecule has 0 saturated carbocycles. The van der Waals surface area contributed by atoms with E-state index in [9.17, 15) is 13.2 Å². The number of carbonyl (C=O) groups excluding carboxylic acids is 1. The van der Waals surface area contributed by atoms with Crippen molar-refractivity contribution in [3.8, 4) is 5.75 Å². The molecule has 0 unspecified atom stereocenters. The van der Waals surface area contributed by atoms with Gasteiger partial charge in [0, 0.05) is 19.6 Å². The Labute approximate surface area is 185 Å². The minimum Gasteiger partial charge on any atom is -0.497 e. The summed E-state index contributed by atoms with van der Waals surface area (Å²) < 4.78 is 34.7. The number of piperidine rings is 1. The third-order valence-electron chi connectivity index (χ3n) is 5.67. The maximum Gasteiger partial charge on any atom is 0.304 e. The zero-order valence-electron chi connectivity index (χ0n) is 18.3. The topological polar surface area (TPSA) is 79.0 Å². The van der Waals surface area contributed by atoms with Gasteiger partial charge in [-0.25, -0.2) is 0 Å². The predicted octanol–water partition coefficient (Wildman–Crippen LogP) is 3.36. The van der Waals surface area contributed by atoms with Crippen LogP contribution in [0.5, 0.6) is 5.75 Å². The molecular weight excluding hydrogens is 414 g/mol. The van der Waals surface area contributed by atoms with Gasteiger partial charge in [-0.3, -0.25) is 9.10 Å². The minimum atomic E-state index is -3.75. The van der Waals surface area contributed by atoms with Crippen molar-refractivity contribution in [2.45, 2.75) is 32.7 Å². The van der Waals surface area contributed by atoms with E-state index in [0.29, 0.717) is 37.4 Å². The van der Waals surface area contributed by atoms with Crippen molar-refractivity contribution in [2.75, 3.05) is 31.0 Å². The summed E-state index contributed by atoms with van der Waals surface area (Å²) in [6.45, 7) is 4.63. The zero-order chi connectivity index (χ0) is 22.4.